The summed E-state index contributed by atoms with van der Waals surface area (Å²) in [5.74, 6) is 1.36. The maximum atomic E-state index is 5.17. The molecule has 0 aliphatic rings. The molecule has 0 atom stereocenters. The molecule has 0 saturated carbocycles. The Morgan fingerprint density at radius 2 is 1.33 bits per heavy atom. The molecule has 2 aromatic rings. The van der Waals surface area contributed by atoms with E-state index in [9.17, 15) is 0 Å². The number of rotatable bonds is 5. The van der Waals surface area contributed by atoms with Crippen LogP contribution in [0.3, 0.4) is 0 Å². The van der Waals surface area contributed by atoms with E-state index in [0.29, 0.717) is 17.8 Å². The Labute approximate surface area is 148 Å². The molecule has 0 spiro atoms. The van der Waals surface area contributed by atoms with Crippen molar-refractivity contribution in [3.8, 4) is 11.1 Å². The van der Waals surface area contributed by atoms with Crippen LogP contribution >= 0.6 is 0 Å². The van der Waals surface area contributed by atoms with Crippen LogP contribution in [0.2, 0.25) is 0 Å². The van der Waals surface area contributed by atoms with Gasteiger partial charge in [-0.25, -0.2) is 0 Å². The molecular weight excluding hydrogens is 290 g/mol. The highest BCUT2D eigenvalue weighted by Gasteiger charge is 2.24. The van der Waals surface area contributed by atoms with Gasteiger partial charge in [0.05, 0.1) is 0 Å². The summed E-state index contributed by atoms with van der Waals surface area (Å²) in [5, 5.41) is 0. The Kier molecular flexibility index (Phi) is 5.85. The summed E-state index contributed by atoms with van der Waals surface area (Å²) < 4.78 is 0. The van der Waals surface area contributed by atoms with Crippen LogP contribution in [0, 0.1) is 6.92 Å². The largest absolute Gasteiger partial charge is 0.257 e. The van der Waals surface area contributed by atoms with Crippen molar-refractivity contribution in [1.82, 2.24) is 4.98 Å². The van der Waals surface area contributed by atoms with Gasteiger partial charge in [-0.3, -0.25) is 4.98 Å². The molecule has 0 amide bonds. The highest BCUT2D eigenvalue weighted by molar-refractivity contribution is 5.74. The van der Waals surface area contributed by atoms with E-state index in [4.69, 9.17) is 4.98 Å². The third-order valence-corrected chi connectivity index (χ3v) is 4.76. The second-order valence-electron chi connectivity index (χ2n) is 7.83. The molecule has 1 heteroatoms. The Bertz CT molecular complexity index is 691. The van der Waals surface area contributed by atoms with Crippen LogP contribution in [0.15, 0.2) is 24.3 Å². The first-order valence-electron chi connectivity index (χ1n) is 9.41. The van der Waals surface area contributed by atoms with Gasteiger partial charge in [0, 0.05) is 11.4 Å². The van der Waals surface area contributed by atoms with E-state index in [2.05, 4.69) is 79.7 Å². The maximum absolute atomic E-state index is 5.17. The summed E-state index contributed by atoms with van der Waals surface area (Å²) in [5.41, 5.74) is 9.52. The highest BCUT2D eigenvalue weighted by Crippen LogP contribution is 2.40. The number of hydrogen-bond donors (Lipinski definition) is 0. The van der Waals surface area contributed by atoms with Gasteiger partial charge in [0.25, 0.3) is 0 Å². The summed E-state index contributed by atoms with van der Waals surface area (Å²) in [4.78, 5) is 5.17. The van der Waals surface area contributed by atoms with Crippen LogP contribution in [0.25, 0.3) is 11.1 Å². The van der Waals surface area contributed by atoms with Crippen molar-refractivity contribution in [1.29, 1.82) is 0 Å². The number of nitrogens with zero attached hydrogens (tertiary/aromatic N) is 1. The first-order chi connectivity index (χ1) is 11.3. The molecule has 1 nitrogen and oxygen atoms in total. The number of benzene rings is 1. The maximum Gasteiger partial charge on any atom is 0.0473 e. The topological polar surface area (TPSA) is 12.9 Å². The SMILES string of the molecule is CCc1c(C(C)C)nc(C(C)C)c(C(C)C)c1-c1ccc(C)cc1. The van der Waals surface area contributed by atoms with Gasteiger partial charge in [0.2, 0.25) is 0 Å². The van der Waals surface area contributed by atoms with Crippen molar-refractivity contribution >= 4 is 0 Å². The van der Waals surface area contributed by atoms with E-state index in [1.807, 2.05) is 0 Å². The molecule has 0 bridgehead atoms. The quantitative estimate of drug-likeness (QED) is 0.578. The van der Waals surface area contributed by atoms with Crippen molar-refractivity contribution in [2.45, 2.75) is 79.6 Å². The van der Waals surface area contributed by atoms with Gasteiger partial charge >= 0.3 is 0 Å². The van der Waals surface area contributed by atoms with Crippen LogP contribution < -0.4 is 0 Å². The predicted molar refractivity (Wildman–Crippen MR) is 106 cm³/mol. The summed E-state index contributed by atoms with van der Waals surface area (Å²) in [6, 6.07) is 9.01. The van der Waals surface area contributed by atoms with Gasteiger partial charge in [-0.2, -0.15) is 0 Å². The predicted octanol–water partition coefficient (Wildman–Crippen LogP) is 6.99. The first kappa shape index (κ1) is 18.7. The molecule has 0 fully saturated rings. The van der Waals surface area contributed by atoms with Gasteiger partial charge in [0.1, 0.15) is 0 Å². The van der Waals surface area contributed by atoms with Gasteiger partial charge in [-0.05, 0) is 53.4 Å². The van der Waals surface area contributed by atoms with Crippen molar-refractivity contribution in [3.05, 3.63) is 52.3 Å². The second kappa shape index (κ2) is 7.51. The van der Waals surface area contributed by atoms with E-state index in [1.165, 1.54) is 39.2 Å². The number of aromatic nitrogens is 1. The Balaban J connectivity index is 2.92. The van der Waals surface area contributed by atoms with Gasteiger partial charge < -0.3 is 0 Å². The molecule has 0 saturated heterocycles. The first-order valence-corrected chi connectivity index (χ1v) is 9.41. The second-order valence-corrected chi connectivity index (χ2v) is 7.83. The lowest BCUT2D eigenvalue weighted by atomic mass is 9.82. The standard InChI is InChI=1S/C23H33N/c1-9-19-21(18-12-10-17(8)11-13-18)20(14(2)3)23(16(6)7)24-22(19)15(4)5/h10-16H,9H2,1-8H3. The number of aryl methyl sites for hydroxylation is 1. The summed E-state index contributed by atoms with van der Waals surface area (Å²) in [6.45, 7) is 18.1. The highest BCUT2D eigenvalue weighted by atomic mass is 14.7. The molecule has 24 heavy (non-hydrogen) atoms. The molecule has 0 aliphatic heterocycles. The van der Waals surface area contributed by atoms with Crippen LogP contribution in [-0.2, 0) is 6.42 Å². The molecule has 1 aromatic carbocycles. The summed E-state index contributed by atoms with van der Waals surface area (Å²) in [6.07, 6.45) is 1.03. The number of pyridine rings is 1. The van der Waals surface area contributed by atoms with Crippen molar-refractivity contribution < 1.29 is 0 Å². The fraction of sp³-hybridized carbons (Fsp3) is 0.522. The van der Waals surface area contributed by atoms with Crippen molar-refractivity contribution in [2.24, 2.45) is 0 Å². The van der Waals surface area contributed by atoms with Gasteiger partial charge in [-0.15, -0.1) is 0 Å². The van der Waals surface area contributed by atoms with Crippen LogP contribution in [-0.4, -0.2) is 4.98 Å². The van der Waals surface area contributed by atoms with Crippen molar-refractivity contribution in [2.75, 3.05) is 0 Å². The average Bonchev–Trinajstić information content (AvgIpc) is 2.53. The van der Waals surface area contributed by atoms with E-state index >= 15 is 0 Å². The molecule has 0 unspecified atom stereocenters. The molecule has 2 rings (SSSR count). The monoisotopic (exact) mass is 323 g/mol. The Morgan fingerprint density at radius 1 is 0.792 bits per heavy atom. The minimum atomic E-state index is 0.440. The molecule has 0 N–H and O–H groups in total. The van der Waals surface area contributed by atoms with Crippen molar-refractivity contribution in [3.63, 3.8) is 0 Å². The van der Waals surface area contributed by atoms with E-state index in [-0.39, 0.29) is 0 Å². The lowest BCUT2D eigenvalue weighted by molar-refractivity contribution is 0.716. The molecule has 1 aromatic heterocycles. The zero-order chi connectivity index (χ0) is 18.0. The Hall–Kier alpha value is -1.63. The minimum Gasteiger partial charge on any atom is -0.257 e. The minimum absolute atomic E-state index is 0.440. The van der Waals surface area contributed by atoms with E-state index in [0.717, 1.165) is 6.42 Å². The van der Waals surface area contributed by atoms with E-state index in [1.54, 1.807) is 0 Å². The lowest BCUT2D eigenvalue weighted by Crippen LogP contribution is -2.12. The average molecular weight is 324 g/mol. The number of hydrogen-bond acceptors (Lipinski definition) is 1. The Morgan fingerprint density at radius 3 is 1.75 bits per heavy atom. The van der Waals surface area contributed by atoms with Crippen LogP contribution in [0.4, 0.5) is 0 Å². The third-order valence-electron chi connectivity index (χ3n) is 4.76. The summed E-state index contributed by atoms with van der Waals surface area (Å²) in [7, 11) is 0. The molecule has 0 aliphatic carbocycles. The zero-order valence-electron chi connectivity index (χ0n) is 16.7. The molecule has 0 radical (unpaired) electrons. The fourth-order valence-corrected chi connectivity index (χ4v) is 3.59. The summed E-state index contributed by atoms with van der Waals surface area (Å²) >= 11 is 0. The van der Waals surface area contributed by atoms with E-state index < -0.39 is 0 Å². The third kappa shape index (κ3) is 3.55. The fourth-order valence-electron chi connectivity index (χ4n) is 3.59. The normalized spacial score (nSPS) is 11.8. The van der Waals surface area contributed by atoms with Crippen LogP contribution in [0.5, 0.6) is 0 Å². The molecular formula is C23H33N. The van der Waals surface area contributed by atoms with Gasteiger partial charge in [0.15, 0.2) is 0 Å². The molecule has 1 heterocycles. The lowest BCUT2D eigenvalue weighted by Gasteiger charge is -2.26. The smallest absolute Gasteiger partial charge is 0.0473 e. The van der Waals surface area contributed by atoms with Crippen LogP contribution in [0.1, 0.15) is 94.3 Å². The molecule has 130 valence electrons. The zero-order valence-corrected chi connectivity index (χ0v) is 16.7. The van der Waals surface area contributed by atoms with Gasteiger partial charge in [-0.1, -0.05) is 78.3 Å².